The van der Waals surface area contributed by atoms with Crippen LogP contribution in [0.1, 0.15) is 38.7 Å². The second-order valence-electron chi connectivity index (χ2n) is 9.54. The van der Waals surface area contributed by atoms with Crippen molar-refractivity contribution in [3.63, 3.8) is 0 Å². The van der Waals surface area contributed by atoms with Crippen molar-refractivity contribution in [2.75, 3.05) is 26.2 Å². The average molecular weight is 540 g/mol. The lowest BCUT2D eigenvalue weighted by Crippen LogP contribution is -2.34. The van der Waals surface area contributed by atoms with E-state index in [2.05, 4.69) is 10.2 Å². The molecule has 5 nitrogen and oxygen atoms in total. The van der Waals surface area contributed by atoms with Crippen molar-refractivity contribution >= 4 is 23.4 Å². The molecule has 0 bridgehead atoms. The molecule has 2 atom stereocenters. The molecule has 2 amide bonds. The van der Waals surface area contributed by atoms with Gasteiger partial charge in [0.15, 0.2) is 0 Å². The van der Waals surface area contributed by atoms with E-state index in [4.69, 9.17) is 11.6 Å². The maximum atomic E-state index is 14.2. The summed E-state index contributed by atoms with van der Waals surface area (Å²) in [7, 11) is 0. The summed E-state index contributed by atoms with van der Waals surface area (Å²) >= 11 is 6.07. The second-order valence-corrected chi connectivity index (χ2v) is 9.95. The zero-order chi connectivity index (χ0) is 26.8. The molecule has 1 unspecified atom stereocenters. The molecule has 5 rings (SSSR count). The van der Waals surface area contributed by atoms with Crippen LogP contribution in [-0.2, 0) is 0 Å². The Morgan fingerprint density at radius 2 is 1.76 bits per heavy atom. The normalized spacial score (nSPS) is 17.7. The number of fused-ring (bicyclic) bond motifs is 1. The van der Waals surface area contributed by atoms with Crippen molar-refractivity contribution in [1.29, 1.82) is 0 Å². The highest BCUT2D eigenvalue weighted by Crippen LogP contribution is 2.32. The second kappa shape index (κ2) is 11.0. The van der Waals surface area contributed by atoms with Gasteiger partial charge in [0.25, 0.3) is 11.8 Å². The summed E-state index contributed by atoms with van der Waals surface area (Å²) in [6, 6.07) is 16.1. The Labute approximate surface area is 223 Å². The standard InChI is InChI=1S/C29H25ClF3N3O2/c30-23-7-4-8-24(32)27(23)29(38)36-16-19-14-35(15-20(19)17-36)12-11-26(18-5-2-1-3-6-18)34-28(37)22-10-9-21(31)13-25(22)33/h1-10,13,16,20,26H,11-12,14-15,17H2,(H,34,37)/t20?,26-/m0/s1. The number of nitrogens with zero attached hydrogens (tertiary/aromatic N) is 2. The minimum atomic E-state index is -0.913. The Hall–Kier alpha value is -3.62. The maximum Gasteiger partial charge on any atom is 0.262 e. The van der Waals surface area contributed by atoms with Gasteiger partial charge in [0.2, 0.25) is 0 Å². The van der Waals surface area contributed by atoms with Gasteiger partial charge in [0.1, 0.15) is 17.5 Å². The number of carbonyl (C=O) groups excluding carboxylic acids is 2. The molecule has 0 aliphatic carbocycles. The number of hydrogen-bond acceptors (Lipinski definition) is 3. The maximum absolute atomic E-state index is 14.2. The summed E-state index contributed by atoms with van der Waals surface area (Å²) in [5, 5.41) is 2.98. The van der Waals surface area contributed by atoms with Gasteiger partial charge >= 0.3 is 0 Å². The predicted molar refractivity (Wildman–Crippen MR) is 138 cm³/mol. The Kier molecular flexibility index (Phi) is 7.53. The van der Waals surface area contributed by atoms with Gasteiger partial charge in [-0.05, 0) is 41.8 Å². The SMILES string of the molecule is O=C(N[C@@H](CCN1CC2=CN(C(=O)c3c(F)cccc3Cl)CC2C1)c1ccccc1)c1ccc(F)cc1F. The number of halogens is 4. The van der Waals surface area contributed by atoms with Gasteiger partial charge in [-0.15, -0.1) is 0 Å². The molecule has 0 spiro atoms. The summed E-state index contributed by atoms with van der Waals surface area (Å²) in [5.41, 5.74) is 1.62. The van der Waals surface area contributed by atoms with Crippen LogP contribution in [0.15, 0.2) is 78.5 Å². The first kappa shape index (κ1) is 26.0. The smallest absolute Gasteiger partial charge is 0.262 e. The van der Waals surface area contributed by atoms with Crippen LogP contribution in [-0.4, -0.2) is 47.8 Å². The van der Waals surface area contributed by atoms with E-state index in [0.29, 0.717) is 38.7 Å². The van der Waals surface area contributed by atoms with Crippen LogP contribution >= 0.6 is 11.6 Å². The van der Waals surface area contributed by atoms with Crippen molar-refractivity contribution in [2.45, 2.75) is 12.5 Å². The first-order valence-electron chi connectivity index (χ1n) is 12.3. The number of hydrogen-bond donors (Lipinski definition) is 1. The van der Waals surface area contributed by atoms with Crippen molar-refractivity contribution in [1.82, 2.24) is 15.1 Å². The number of rotatable bonds is 7. The first-order valence-corrected chi connectivity index (χ1v) is 12.7. The third kappa shape index (κ3) is 5.47. The van der Waals surface area contributed by atoms with Crippen LogP contribution in [0, 0.1) is 23.4 Å². The molecule has 9 heteroatoms. The Bertz CT molecular complexity index is 1380. The van der Waals surface area contributed by atoms with Gasteiger partial charge in [-0.25, -0.2) is 13.2 Å². The molecule has 1 fully saturated rings. The molecule has 1 saturated heterocycles. The van der Waals surface area contributed by atoms with Gasteiger partial charge in [-0.1, -0.05) is 48.0 Å². The molecule has 1 N–H and O–H groups in total. The molecule has 3 aromatic rings. The number of carbonyl (C=O) groups is 2. The minimum absolute atomic E-state index is 0.0848. The molecule has 0 saturated carbocycles. The van der Waals surface area contributed by atoms with E-state index in [1.165, 1.54) is 23.1 Å². The predicted octanol–water partition coefficient (Wildman–Crippen LogP) is 5.59. The van der Waals surface area contributed by atoms with E-state index in [-0.39, 0.29) is 28.1 Å². The van der Waals surface area contributed by atoms with Crippen LogP contribution < -0.4 is 5.32 Å². The third-order valence-electron chi connectivity index (χ3n) is 7.00. The van der Waals surface area contributed by atoms with E-state index in [1.54, 1.807) is 6.20 Å². The van der Waals surface area contributed by atoms with Crippen molar-refractivity contribution in [3.05, 3.63) is 118 Å². The van der Waals surface area contributed by atoms with E-state index in [9.17, 15) is 22.8 Å². The average Bonchev–Trinajstić information content (AvgIpc) is 3.46. The fourth-order valence-electron chi connectivity index (χ4n) is 5.08. The number of benzene rings is 3. The van der Waals surface area contributed by atoms with E-state index in [1.807, 2.05) is 30.3 Å². The molecule has 38 heavy (non-hydrogen) atoms. The topological polar surface area (TPSA) is 52.7 Å². The number of likely N-dealkylation sites (tertiary alicyclic amines) is 1. The van der Waals surface area contributed by atoms with Gasteiger partial charge in [0.05, 0.1) is 22.2 Å². The minimum Gasteiger partial charge on any atom is -0.345 e. The monoisotopic (exact) mass is 539 g/mol. The summed E-state index contributed by atoms with van der Waals surface area (Å²) in [5.74, 6) is -3.24. The lowest BCUT2D eigenvalue weighted by molar-refractivity contribution is 0.0816. The molecule has 2 heterocycles. The summed E-state index contributed by atoms with van der Waals surface area (Å²) in [6.07, 6.45) is 2.34. The van der Waals surface area contributed by atoms with Crippen molar-refractivity contribution in [3.8, 4) is 0 Å². The number of nitrogens with one attached hydrogen (secondary N) is 1. The van der Waals surface area contributed by atoms with Crippen molar-refractivity contribution < 1.29 is 22.8 Å². The largest absolute Gasteiger partial charge is 0.345 e. The molecular weight excluding hydrogens is 515 g/mol. The van der Waals surface area contributed by atoms with E-state index < -0.39 is 29.3 Å². The molecule has 196 valence electrons. The Morgan fingerprint density at radius 1 is 0.974 bits per heavy atom. The van der Waals surface area contributed by atoms with Gasteiger partial charge in [0, 0.05) is 44.4 Å². The molecule has 0 aromatic heterocycles. The van der Waals surface area contributed by atoms with E-state index >= 15 is 0 Å². The fourth-order valence-corrected chi connectivity index (χ4v) is 5.32. The Morgan fingerprint density at radius 3 is 2.47 bits per heavy atom. The molecule has 2 aliphatic heterocycles. The highest BCUT2D eigenvalue weighted by Gasteiger charge is 2.36. The third-order valence-corrected chi connectivity index (χ3v) is 7.32. The van der Waals surface area contributed by atoms with Gasteiger partial charge < -0.3 is 10.2 Å². The number of amides is 2. The summed E-state index contributed by atoms with van der Waals surface area (Å²) in [4.78, 5) is 29.5. The molecular formula is C29H25ClF3N3O2. The lowest BCUT2D eigenvalue weighted by Gasteiger charge is -2.24. The zero-order valence-corrected chi connectivity index (χ0v) is 21.1. The Balaban J connectivity index is 1.24. The van der Waals surface area contributed by atoms with Crippen LogP contribution in [0.25, 0.3) is 0 Å². The quantitative estimate of drug-likeness (QED) is 0.426. The summed E-state index contributed by atoms with van der Waals surface area (Å²) in [6.45, 7) is 2.44. The highest BCUT2D eigenvalue weighted by atomic mass is 35.5. The first-order chi connectivity index (χ1) is 18.3. The van der Waals surface area contributed by atoms with Crippen LogP contribution in [0.3, 0.4) is 0 Å². The molecule has 3 aromatic carbocycles. The zero-order valence-electron chi connectivity index (χ0n) is 20.3. The lowest BCUT2D eigenvalue weighted by atomic mass is 10.0. The van der Waals surface area contributed by atoms with Crippen molar-refractivity contribution in [2.24, 2.45) is 5.92 Å². The fraction of sp³-hybridized carbons (Fsp3) is 0.241. The highest BCUT2D eigenvalue weighted by molar-refractivity contribution is 6.33. The van der Waals surface area contributed by atoms with Gasteiger partial charge in [-0.3, -0.25) is 14.5 Å². The summed E-state index contributed by atoms with van der Waals surface area (Å²) < 4.78 is 41.7. The van der Waals surface area contributed by atoms with Crippen LogP contribution in [0.4, 0.5) is 13.2 Å². The van der Waals surface area contributed by atoms with Crippen LogP contribution in [0.2, 0.25) is 5.02 Å². The van der Waals surface area contributed by atoms with Gasteiger partial charge in [-0.2, -0.15) is 0 Å². The van der Waals surface area contributed by atoms with Crippen LogP contribution in [0.5, 0.6) is 0 Å². The molecule has 0 radical (unpaired) electrons. The molecule has 2 aliphatic rings. The van der Waals surface area contributed by atoms with E-state index in [0.717, 1.165) is 23.3 Å².